The highest BCUT2D eigenvalue weighted by Crippen LogP contribution is 2.46. The summed E-state index contributed by atoms with van der Waals surface area (Å²) in [4.78, 5) is 8.51. The van der Waals surface area contributed by atoms with Crippen molar-refractivity contribution in [1.29, 1.82) is 0 Å². The second-order valence-corrected chi connectivity index (χ2v) is 10.5. The maximum Gasteiger partial charge on any atom is 0.183 e. The smallest absolute Gasteiger partial charge is 0.183 e. The van der Waals surface area contributed by atoms with E-state index in [1.54, 1.807) is 11.3 Å². The molecule has 2 aliphatic rings. The summed E-state index contributed by atoms with van der Waals surface area (Å²) >= 11 is 1.68. The first-order valence-corrected chi connectivity index (χ1v) is 11.5. The van der Waals surface area contributed by atoms with E-state index in [1.165, 1.54) is 4.88 Å². The zero-order valence-corrected chi connectivity index (χ0v) is 16.6. The molecule has 0 bridgehead atoms. The van der Waals surface area contributed by atoms with E-state index in [0.29, 0.717) is 18.0 Å². The molecule has 0 amide bonds. The van der Waals surface area contributed by atoms with Crippen LogP contribution in [0.15, 0.2) is 58.8 Å². The topological polar surface area (TPSA) is 50.3 Å². The van der Waals surface area contributed by atoms with Gasteiger partial charge in [0.1, 0.15) is 0 Å². The summed E-state index contributed by atoms with van der Waals surface area (Å²) in [6.07, 6.45) is 0. The summed E-state index contributed by atoms with van der Waals surface area (Å²) < 4.78 is 26.2. The fourth-order valence-corrected chi connectivity index (χ4v) is 7.29. The monoisotopic (exact) mass is 396 g/mol. The van der Waals surface area contributed by atoms with Gasteiger partial charge in [-0.3, -0.25) is 9.88 Å². The zero-order chi connectivity index (χ0) is 18.6. The molecule has 6 heteroatoms. The number of benzene rings is 1. The van der Waals surface area contributed by atoms with Gasteiger partial charge in [-0.25, -0.2) is 8.42 Å². The van der Waals surface area contributed by atoms with Crippen LogP contribution in [0.5, 0.6) is 0 Å². The fraction of sp³-hybridized carbons (Fsp3) is 0.286. The Hall–Kier alpha value is -2.02. The molecule has 1 fully saturated rings. The lowest BCUT2D eigenvalue weighted by molar-refractivity contribution is 0.321. The molecule has 27 heavy (non-hydrogen) atoms. The summed E-state index contributed by atoms with van der Waals surface area (Å²) in [5.74, 6) is 0.0507. The number of hydrogen-bond donors (Lipinski definition) is 0. The number of rotatable bonds is 3. The molecular weight excluding hydrogens is 376 g/mol. The van der Waals surface area contributed by atoms with Crippen molar-refractivity contribution in [2.45, 2.75) is 29.5 Å². The van der Waals surface area contributed by atoms with E-state index in [4.69, 9.17) is 0 Å². The van der Waals surface area contributed by atoms with Crippen LogP contribution in [0.2, 0.25) is 0 Å². The molecule has 138 valence electrons. The fourth-order valence-electron chi connectivity index (χ4n) is 4.37. The molecule has 2 aliphatic heterocycles. The quantitative estimate of drug-likeness (QED) is 0.674. The number of aryl methyl sites for hydroxylation is 1. The minimum atomic E-state index is -3.26. The lowest BCUT2D eigenvalue weighted by atomic mass is 9.96. The second-order valence-electron chi connectivity index (χ2n) is 7.38. The van der Waals surface area contributed by atoms with Gasteiger partial charge < -0.3 is 0 Å². The third-order valence-corrected chi connectivity index (χ3v) is 8.77. The van der Waals surface area contributed by atoms with Gasteiger partial charge in [0.25, 0.3) is 0 Å². The maximum absolute atomic E-state index is 13.1. The van der Waals surface area contributed by atoms with E-state index in [-0.39, 0.29) is 11.2 Å². The highest BCUT2D eigenvalue weighted by molar-refractivity contribution is 7.92. The first kappa shape index (κ1) is 17.1. The predicted octanol–water partition coefficient (Wildman–Crippen LogP) is 3.87. The Morgan fingerprint density at radius 1 is 1.15 bits per heavy atom. The van der Waals surface area contributed by atoms with Gasteiger partial charge in [-0.2, -0.15) is 0 Å². The van der Waals surface area contributed by atoms with E-state index >= 15 is 0 Å². The van der Waals surface area contributed by atoms with Crippen LogP contribution in [0.3, 0.4) is 0 Å². The second kappa shape index (κ2) is 6.26. The number of pyridine rings is 1. The number of likely N-dealkylation sites (tertiary alicyclic amines) is 1. The molecular formula is C21H20N2O2S2. The summed E-state index contributed by atoms with van der Waals surface area (Å²) in [5.41, 5.74) is 4.09. The number of aromatic nitrogens is 1. The van der Waals surface area contributed by atoms with Gasteiger partial charge >= 0.3 is 0 Å². The highest BCUT2D eigenvalue weighted by Gasteiger charge is 2.50. The van der Waals surface area contributed by atoms with Gasteiger partial charge in [0, 0.05) is 36.1 Å². The Bertz CT molecular complexity index is 1110. The van der Waals surface area contributed by atoms with E-state index in [2.05, 4.69) is 22.0 Å². The van der Waals surface area contributed by atoms with Crippen LogP contribution in [0.4, 0.5) is 0 Å². The van der Waals surface area contributed by atoms with Crippen LogP contribution in [0.1, 0.15) is 22.9 Å². The van der Waals surface area contributed by atoms with E-state index < -0.39 is 9.84 Å². The molecule has 0 radical (unpaired) electrons. The molecule has 3 aromatic rings. The molecule has 2 aromatic heterocycles. The third kappa shape index (κ3) is 2.83. The van der Waals surface area contributed by atoms with Crippen molar-refractivity contribution in [3.63, 3.8) is 0 Å². The summed E-state index contributed by atoms with van der Waals surface area (Å²) in [7, 11) is -3.26. The summed E-state index contributed by atoms with van der Waals surface area (Å²) in [5, 5.41) is 1.71. The lowest BCUT2D eigenvalue weighted by Gasteiger charge is -2.17. The Kier molecular flexibility index (Phi) is 3.96. The molecule has 5 rings (SSSR count). The minimum Gasteiger partial charge on any atom is -0.296 e. The van der Waals surface area contributed by atoms with Gasteiger partial charge in [0.15, 0.2) is 9.84 Å². The van der Waals surface area contributed by atoms with Crippen LogP contribution < -0.4 is 0 Å². The number of sulfone groups is 1. The van der Waals surface area contributed by atoms with Crippen LogP contribution in [0, 0.1) is 6.92 Å². The SMILES string of the molecule is Cc1cccc(CN2C[C@@H]3c4cc(-c5cccs5)ccc4S(=O)(=O)[C@@H]3C2)n1. The average Bonchev–Trinajstić information content (AvgIpc) is 3.34. The molecule has 4 nitrogen and oxygen atoms in total. The maximum atomic E-state index is 13.1. The van der Waals surface area contributed by atoms with Crippen molar-refractivity contribution in [1.82, 2.24) is 9.88 Å². The number of hydrogen-bond acceptors (Lipinski definition) is 5. The standard InChI is InChI=1S/C21H20N2O2S2/c1-14-4-2-5-16(22-14)11-23-12-18-17-10-15(19-6-3-9-26-19)7-8-20(17)27(24,25)21(18)13-23/h2-10,18,21H,11-13H2,1H3/t18-,21-/m1/s1. The molecule has 0 aliphatic carbocycles. The summed E-state index contributed by atoms with van der Waals surface area (Å²) in [6, 6.07) is 16.0. The van der Waals surface area contributed by atoms with Gasteiger partial charge in [-0.05, 0) is 53.8 Å². The molecule has 2 atom stereocenters. The van der Waals surface area contributed by atoms with Crippen molar-refractivity contribution in [3.05, 3.63) is 70.9 Å². The van der Waals surface area contributed by atoms with Crippen LogP contribution in [0.25, 0.3) is 10.4 Å². The van der Waals surface area contributed by atoms with Crippen molar-refractivity contribution in [2.24, 2.45) is 0 Å². The van der Waals surface area contributed by atoms with E-state index in [1.807, 2.05) is 48.7 Å². The normalized spacial score (nSPS) is 23.3. The Morgan fingerprint density at radius 2 is 2.04 bits per heavy atom. The third-order valence-electron chi connectivity index (χ3n) is 5.59. The van der Waals surface area contributed by atoms with Crippen molar-refractivity contribution in [2.75, 3.05) is 13.1 Å². The van der Waals surface area contributed by atoms with E-state index in [9.17, 15) is 8.42 Å². The van der Waals surface area contributed by atoms with Crippen molar-refractivity contribution < 1.29 is 8.42 Å². The molecule has 0 spiro atoms. The van der Waals surface area contributed by atoms with Gasteiger partial charge in [-0.15, -0.1) is 11.3 Å². The van der Waals surface area contributed by atoms with Gasteiger partial charge in [0.2, 0.25) is 0 Å². The van der Waals surface area contributed by atoms with Gasteiger partial charge in [0.05, 0.1) is 15.8 Å². The number of fused-ring (bicyclic) bond motifs is 3. The average molecular weight is 397 g/mol. The summed E-state index contributed by atoms with van der Waals surface area (Å²) in [6.45, 7) is 4.02. The molecule has 4 heterocycles. The number of nitrogens with zero attached hydrogens (tertiary/aromatic N) is 2. The van der Waals surface area contributed by atoms with Crippen LogP contribution in [-0.4, -0.2) is 36.6 Å². The molecule has 0 N–H and O–H groups in total. The van der Waals surface area contributed by atoms with Gasteiger partial charge in [-0.1, -0.05) is 18.2 Å². The lowest BCUT2D eigenvalue weighted by Crippen LogP contribution is -2.26. The van der Waals surface area contributed by atoms with Crippen molar-refractivity contribution >= 4 is 21.2 Å². The zero-order valence-electron chi connectivity index (χ0n) is 15.0. The van der Waals surface area contributed by atoms with E-state index in [0.717, 1.165) is 29.1 Å². The largest absolute Gasteiger partial charge is 0.296 e. The van der Waals surface area contributed by atoms with Crippen molar-refractivity contribution in [3.8, 4) is 10.4 Å². The highest BCUT2D eigenvalue weighted by atomic mass is 32.2. The Balaban J connectivity index is 1.47. The van der Waals surface area contributed by atoms with Crippen LogP contribution >= 0.6 is 11.3 Å². The molecule has 0 unspecified atom stereocenters. The number of thiophene rings is 1. The Labute approximate surface area is 163 Å². The molecule has 0 saturated carbocycles. The van der Waals surface area contributed by atoms with Crippen LogP contribution in [-0.2, 0) is 16.4 Å². The molecule has 1 aromatic carbocycles. The Morgan fingerprint density at radius 3 is 2.81 bits per heavy atom. The predicted molar refractivity (Wildman–Crippen MR) is 108 cm³/mol. The first-order chi connectivity index (χ1) is 13.0. The first-order valence-electron chi connectivity index (χ1n) is 9.09. The minimum absolute atomic E-state index is 0.0507. The molecule has 1 saturated heterocycles.